The van der Waals surface area contributed by atoms with Crippen LogP contribution in [0.5, 0.6) is 0 Å². The molecule has 10 nitrogen and oxygen atoms in total. The molecule has 2 aliphatic rings. The van der Waals surface area contributed by atoms with E-state index in [-0.39, 0.29) is 12.1 Å². The molecule has 32 heavy (non-hydrogen) atoms. The molecular weight excluding hydrogens is 428 g/mol. The molecule has 5 heterocycles. The number of imidazole rings is 1. The van der Waals surface area contributed by atoms with Gasteiger partial charge in [-0.15, -0.1) is 11.3 Å². The van der Waals surface area contributed by atoms with Crippen LogP contribution in [-0.4, -0.2) is 47.3 Å². The Hall–Kier alpha value is -3.60. The van der Waals surface area contributed by atoms with Gasteiger partial charge in [-0.1, -0.05) is 5.16 Å². The Kier molecular flexibility index (Phi) is 3.63. The quantitative estimate of drug-likeness (QED) is 0.413. The van der Waals surface area contributed by atoms with Crippen molar-refractivity contribution < 1.29 is 4.52 Å². The van der Waals surface area contributed by atoms with Gasteiger partial charge in [0.2, 0.25) is 5.89 Å². The standard InChI is InChI=1S/C21H18N8O2S/c1-27-8-22-20-18(27)21(30)29(9-23-20)7-16-25-19(26-31-16)17-12-5-28(6-13(12)17)11-2-3-14-15(4-11)32-10-24-14/h2-4,8-10,12-13,17H,5-7H2,1H3/t12-,13?,17?/m0/s1. The van der Waals surface area contributed by atoms with Crippen LogP contribution >= 0.6 is 11.3 Å². The van der Waals surface area contributed by atoms with E-state index in [4.69, 9.17) is 4.52 Å². The number of aromatic nitrogens is 7. The molecule has 1 saturated carbocycles. The molecule has 160 valence electrons. The molecule has 0 spiro atoms. The van der Waals surface area contributed by atoms with Gasteiger partial charge in [0.25, 0.3) is 5.56 Å². The van der Waals surface area contributed by atoms with E-state index in [0.29, 0.717) is 34.8 Å². The second-order valence-electron chi connectivity index (χ2n) is 8.51. The summed E-state index contributed by atoms with van der Waals surface area (Å²) in [5, 5.41) is 4.22. The molecule has 0 bridgehead atoms. The van der Waals surface area contributed by atoms with Crippen molar-refractivity contribution in [2.45, 2.75) is 12.5 Å². The minimum absolute atomic E-state index is 0.174. The Bertz CT molecular complexity index is 1540. The van der Waals surface area contributed by atoms with Gasteiger partial charge in [0.1, 0.15) is 12.9 Å². The molecule has 0 radical (unpaired) electrons. The summed E-state index contributed by atoms with van der Waals surface area (Å²) in [6.07, 6.45) is 3.06. The van der Waals surface area contributed by atoms with Crippen LogP contribution in [0.15, 0.2) is 45.7 Å². The van der Waals surface area contributed by atoms with E-state index in [1.165, 1.54) is 21.3 Å². The van der Waals surface area contributed by atoms with Crippen molar-refractivity contribution in [3.8, 4) is 0 Å². The summed E-state index contributed by atoms with van der Waals surface area (Å²) in [6, 6.07) is 6.47. The SMILES string of the molecule is Cn1cnc2ncn(Cc3nc(C4C5CN(c6ccc7ncsc7c6)C[C@@H]54)no3)c(=O)c21. The number of thiazole rings is 1. The molecule has 4 aromatic heterocycles. The second kappa shape index (κ2) is 6.45. The summed E-state index contributed by atoms with van der Waals surface area (Å²) in [5.74, 6) is 2.56. The highest BCUT2D eigenvalue weighted by molar-refractivity contribution is 7.16. The molecule has 2 fully saturated rings. The first kappa shape index (κ1) is 18.0. The highest BCUT2D eigenvalue weighted by Gasteiger charge is 2.58. The third-order valence-corrected chi connectivity index (χ3v) is 7.45. The zero-order valence-corrected chi connectivity index (χ0v) is 17.9. The molecule has 1 aliphatic heterocycles. The third-order valence-electron chi connectivity index (χ3n) is 6.66. The minimum atomic E-state index is -0.174. The summed E-state index contributed by atoms with van der Waals surface area (Å²) in [6.45, 7) is 2.18. The molecule has 7 rings (SSSR count). The Balaban J connectivity index is 1.07. The number of nitrogens with zero attached hydrogens (tertiary/aromatic N) is 8. The largest absolute Gasteiger partial charge is 0.371 e. The number of piperidine rings is 1. The molecule has 0 N–H and O–H groups in total. The van der Waals surface area contributed by atoms with E-state index < -0.39 is 0 Å². The maximum Gasteiger partial charge on any atom is 0.280 e. The van der Waals surface area contributed by atoms with E-state index >= 15 is 0 Å². The molecule has 3 atom stereocenters. The van der Waals surface area contributed by atoms with Crippen LogP contribution in [0.3, 0.4) is 0 Å². The smallest absolute Gasteiger partial charge is 0.280 e. The lowest BCUT2D eigenvalue weighted by Crippen LogP contribution is -2.23. The van der Waals surface area contributed by atoms with Crippen molar-refractivity contribution in [2.24, 2.45) is 18.9 Å². The Morgan fingerprint density at radius 1 is 1.16 bits per heavy atom. The zero-order valence-electron chi connectivity index (χ0n) is 17.1. The van der Waals surface area contributed by atoms with Gasteiger partial charge < -0.3 is 14.0 Å². The van der Waals surface area contributed by atoms with Crippen LogP contribution in [-0.2, 0) is 13.6 Å². The number of fused-ring (bicyclic) bond motifs is 3. The molecule has 11 heteroatoms. The number of hydrogen-bond donors (Lipinski definition) is 0. The minimum Gasteiger partial charge on any atom is -0.371 e. The van der Waals surface area contributed by atoms with Gasteiger partial charge in [-0.2, -0.15) is 4.98 Å². The third kappa shape index (κ3) is 2.63. The average molecular weight is 446 g/mol. The van der Waals surface area contributed by atoms with E-state index in [2.05, 4.69) is 48.2 Å². The fraction of sp³-hybridized carbons (Fsp3) is 0.333. The highest BCUT2D eigenvalue weighted by Crippen LogP contribution is 2.58. The first-order valence-corrected chi connectivity index (χ1v) is 11.3. The van der Waals surface area contributed by atoms with Crippen molar-refractivity contribution >= 4 is 38.4 Å². The molecule has 1 aliphatic carbocycles. The van der Waals surface area contributed by atoms with Gasteiger partial charge in [-0.25, -0.2) is 15.0 Å². The molecule has 0 amide bonds. The zero-order chi connectivity index (χ0) is 21.4. The Morgan fingerprint density at radius 2 is 2.00 bits per heavy atom. The van der Waals surface area contributed by atoms with Crippen LogP contribution < -0.4 is 10.5 Å². The molecule has 1 aromatic carbocycles. The number of anilines is 1. The van der Waals surface area contributed by atoms with Gasteiger partial charge in [-0.05, 0) is 30.0 Å². The highest BCUT2D eigenvalue weighted by atomic mass is 32.1. The van der Waals surface area contributed by atoms with E-state index in [0.717, 1.165) is 24.4 Å². The van der Waals surface area contributed by atoms with Crippen LogP contribution in [0.1, 0.15) is 17.6 Å². The molecule has 5 aromatic rings. The van der Waals surface area contributed by atoms with Gasteiger partial charge in [0, 0.05) is 31.7 Å². The summed E-state index contributed by atoms with van der Waals surface area (Å²) in [7, 11) is 1.78. The summed E-state index contributed by atoms with van der Waals surface area (Å²) < 4.78 is 9.84. The monoisotopic (exact) mass is 446 g/mol. The van der Waals surface area contributed by atoms with Gasteiger partial charge >= 0.3 is 0 Å². The van der Waals surface area contributed by atoms with E-state index in [1.54, 1.807) is 29.3 Å². The van der Waals surface area contributed by atoms with Crippen molar-refractivity contribution in [3.63, 3.8) is 0 Å². The predicted molar refractivity (Wildman–Crippen MR) is 118 cm³/mol. The van der Waals surface area contributed by atoms with Crippen LogP contribution in [0.4, 0.5) is 5.69 Å². The lowest BCUT2D eigenvalue weighted by molar-refractivity contribution is 0.363. The van der Waals surface area contributed by atoms with E-state index in [9.17, 15) is 4.79 Å². The van der Waals surface area contributed by atoms with Crippen molar-refractivity contribution in [1.29, 1.82) is 0 Å². The van der Waals surface area contributed by atoms with Gasteiger partial charge in [0.15, 0.2) is 17.0 Å². The maximum atomic E-state index is 12.7. The maximum absolute atomic E-state index is 12.7. The summed E-state index contributed by atoms with van der Waals surface area (Å²) in [5.41, 5.74) is 4.91. The Labute approximate surface area is 185 Å². The van der Waals surface area contributed by atoms with E-state index in [1.807, 2.05) is 5.51 Å². The van der Waals surface area contributed by atoms with Crippen LogP contribution in [0.25, 0.3) is 21.4 Å². The lowest BCUT2D eigenvalue weighted by atomic mass is 10.2. The number of rotatable bonds is 4. The fourth-order valence-electron chi connectivity index (χ4n) is 4.96. The van der Waals surface area contributed by atoms with Gasteiger partial charge in [-0.3, -0.25) is 9.36 Å². The van der Waals surface area contributed by atoms with Crippen molar-refractivity contribution in [1.82, 2.24) is 34.2 Å². The number of hydrogen-bond acceptors (Lipinski definition) is 9. The second-order valence-corrected chi connectivity index (χ2v) is 9.40. The first-order chi connectivity index (χ1) is 15.7. The summed E-state index contributed by atoms with van der Waals surface area (Å²) in [4.78, 5) is 32.5. The Morgan fingerprint density at radius 3 is 2.88 bits per heavy atom. The van der Waals surface area contributed by atoms with Gasteiger partial charge in [0.05, 0.1) is 22.1 Å². The molecule has 1 saturated heterocycles. The van der Waals surface area contributed by atoms with Crippen molar-refractivity contribution in [2.75, 3.05) is 18.0 Å². The van der Waals surface area contributed by atoms with Crippen molar-refractivity contribution in [3.05, 3.63) is 58.4 Å². The first-order valence-electron chi connectivity index (χ1n) is 10.4. The lowest BCUT2D eigenvalue weighted by Gasteiger charge is -2.21. The van der Waals surface area contributed by atoms with Crippen LogP contribution in [0, 0.1) is 11.8 Å². The molecular formula is C21H18N8O2S. The molecule has 2 unspecified atom stereocenters. The van der Waals surface area contributed by atoms with Crippen LogP contribution in [0.2, 0.25) is 0 Å². The average Bonchev–Trinajstić information content (AvgIpc) is 3.38. The summed E-state index contributed by atoms with van der Waals surface area (Å²) >= 11 is 1.67. The predicted octanol–water partition coefficient (Wildman–Crippen LogP) is 2.02. The normalized spacial score (nSPS) is 22.2. The fourth-order valence-corrected chi connectivity index (χ4v) is 5.67. The number of aryl methyl sites for hydroxylation is 1. The number of benzene rings is 1. The topological polar surface area (TPSA) is 108 Å².